The third-order valence-electron chi connectivity index (χ3n) is 3.04. The maximum atomic E-state index is 12.3. The van der Waals surface area contributed by atoms with E-state index >= 15 is 0 Å². The van der Waals surface area contributed by atoms with Crippen LogP contribution in [0.3, 0.4) is 0 Å². The average molecular weight is 272 g/mol. The van der Waals surface area contributed by atoms with E-state index in [-0.39, 0.29) is 17.9 Å². The minimum atomic E-state index is -0.329. The van der Waals surface area contributed by atoms with Crippen molar-refractivity contribution < 1.29 is 9.53 Å². The molecule has 0 aliphatic heterocycles. The third kappa shape index (κ3) is 2.93. The predicted molar refractivity (Wildman–Crippen MR) is 75.3 cm³/mol. The van der Waals surface area contributed by atoms with Crippen molar-refractivity contribution in [1.82, 2.24) is 9.78 Å². The third-order valence-corrected chi connectivity index (χ3v) is 3.04. The number of benzene rings is 1. The molecule has 0 saturated heterocycles. The molecule has 0 radical (unpaired) electrons. The Balaban J connectivity index is 2.32. The lowest BCUT2D eigenvalue weighted by atomic mass is 10.0. The lowest BCUT2D eigenvalue weighted by molar-refractivity contribution is 0.0964. The fraction of sp³-hybridized carbons (Fsp3) is 0.267. The Morgan fingerprint density at radius 3 is 2.70 bits per heavy atom. The molecule has 0 saturated carbocycles. The topological polar surface area (TPSA) is 61.2 Å². The summed E-state index contributed by atoms with van der Waals surface area (Å²) in [7, 11) is 1.46. The van der Waals surface area contributed by atoms with E-state index in [9.17, 15) is 9.59 Å². The number of aryl methyl sites for hydroxylation is 2. The number of aromatic nitrogens is 2. The molecule has 0 amide bonds. The van der Waals surface area contributed by atoms with Crippen LogP contribution in [-0.2, 0) is 6.54 Å². The van der Waals surface area contributed by atoms with Crippen molar-refractivity contribution >= 4 is 5.78 Å². The van der Waals surface area contributed by atoms with E-state index in [2.05, 4.69) is 5.10 Å². The van der Waals surface area contributed by atoms with Crippen molar-refractivity contribution in [1.29, 1.82) is 0 Å². The van der Waals surface area contributed by atoms with E-state index in [0.29, 0.717) is 11.4 Å². The highest BCUT2D eigenvalue weighted by molar-refractivity contribution is 5.97. The maximum absolute atomic E-state index is 12.3. The van der Waals surface area contributed by atoms with Gasteiger partial charge in [-0.25, -0.2) is 4.68 Å². The molecule has 0 spiro atoms. The first-order valence-corrected chi connectivity index (χ1v) is 6.24. The Morgan fingerprint density at radius 2 is 2.00 bits per heavy atom. The average Bonchev–Trinajstić information content (AvgIpc) is 2.43. The molecule has 2 rings (SSSR count). The van der Waals surface area contributed by atoms with Gasteiger partial charge in [0.2, 0.25) is 5.88 Å². The molecule has 2 aromatic rings. The van der Waals surface area contributed by atoms with Crippen molar-refractivity contribution in [3.05, 3.63) is 57.4 Å². The van der Waals surface area contributed by atoms with Crippen LogP contribution in [-0.4, -0.2) is 22.7 Å². The van der Waals surface area contributed by atoms with E-state index in [0.717, 1.165) is 15.8 Å². The van der Waals surface area contributed by atoms with Gasteiger partial charge in [0, 0.05) is 17.7 Å². The lowest BCUT2D eigenvalue weighted by Gasteiger charge is -2.08. The lowest BCUT2D eigenvalue weighted by Crippen LogP contribution is -2.26. The molecular formula is C15H16N2O3. The molecular weight excluding hydrogens is 256 g/mol. The number of carbonyl (C=O) groups is 1. The summed E-state index contributed by atoms with van der Waals surface area (Å²) in [6, 6.07) is 8.47. The summed E-state index contributed by atoms with van der Waals surface area (Å²) in [5.74, 6) is 0.160. The van der Waals surface area contributed by atoms with Gasteiger partial charge in [-0.3, -0.25) is 9.59 Å². The molecule has 0 atom stereocenters. The number of rotatable bonds is 4. The number of hydrogen-bond acceptors (Lipinski definition) is 4. The molecule has 0 aliphatic rings. The standard InChI is InChI=1S/C15H16N2O3/c1-10-4-5-11(2)12(8-10)13(18)9-17-15(19)7-6-14(16-17)20-3/h4-8H,9H2,1-3H3. The monoisotopic (exact) mass is 272 g/mol. The van der Waals surface area contributed by atoms with E-state index in [1.54, 1.807) is 0 Å². The molecule has 1 heterocycles. The van der Waals surface area contributed by atoms with E-state index in [1.807, 2.05) is 32.0 Å². The van der Waals surface area contributed by atoms with Gasteiger partial charge in [-0.2, -0.15) is 0 Å². The molecule has 104 valence electrons. The Bertz CT molecular complexity index is 705. The summed E-state index contributed by atoms with van der Waals surface area (Å²) in [6.45, 7) is 3.70. The summed E-state index contributed by atoms with van der Waals surface area (Å²) >= 11 is 0. The van der Waals surface area contributed by atoms with E-state index in [1.165, 1.54) is 19.2 Å². The summed E-state index contributed by atoms with van der Waals surface area (Å²) in [4.78, 5) is 24.0. The molecule has 1 aromatic heterocycles. The van der Waals surface area contributed by atoms with Gasteiger partial charge in [0.25, 0.3) is 5.56 Å². The molecule has 0 bridgehead atoms. The van der Waals surface area contributed by atoms with Crippen LogP contribution in [0.1, 0.15) is 21.5 Å². The minimum absolute atomic E-state index is 0.0969. The van der Waals surface area contributed by atoms with Crippen LogP contribution in [0.15, 0.2) is 35.1 Å². The summed E-state index contributed by atoms with van der Waals surface area (Å²) in [6.07, 6.45) is 0. The summed E-state index contributed by atoms with van der Waals surface area (Å²) < 4.78 is 6.07. The number of methoxy groups -OCH3 is 1. The number of ether oxygens (including phenoxy) is 1. The van der Waals surface area contributed by atoms with Crippen molar-refractivity contribution in [2.45, 2.75) is 20.4 Å². The second-order valence-electron chi connectivity index (χ2n) is 4.61. The van der Waals surface area contributed by atoms with Crippen LogP contribution in [0.5, 0.6) is 5.88 Å². The zero-order valence-corrected chi connectivity index (χ0v) is 11.7. The first-order valence-electron chi connectivity index (χ1n) is 6.24. The highest BCUT2D eigenvalue weighted by Crippen LogP contribution is 2.12. The van der Waals surface area contributed by atoms with Gasteiger partial charge in [0.15, 0.2) is 5.78 Å². The van der Waals surface area contributed by atoms with Gasteiger partial charge >= 0.3 is 0 Å². The van der Waals surface area contributed by atoms with Gasteiger partial charge in [-0.15, -0.1) is 5.10 Å². The minimum Gasteiger partial charge on any atom is -0.480 e. The number of Topliss-reactive ketones (excluding diaryl/α,β-unsaturated/α-hetero) is 1. The molecule has 20 heavy (non-hydrogen) atoms. The van der Waals surface area contributed by atoms with Crippen LogP contribution in [0.4, 0.5) is 0 Å². The second kappa shape index (κ2) is 5.69. The first kappa shape index (κ1) is 14.0. The Hall–Kier alpha value is -2.43. The normalized spacial score (nSPS) is 10.3. The molecule has 1 aromatic carbocycles. The highest BCUT2D eigenvalue weighted by atomic mass is 16.5. The second-order valence-corrected chi connectivity index (χ2v) is 4.61. The molecule has 0 aliphatic carbocycles. The van der Waals surface area contributed by atoms with Gasteiger partial charge in [0.1, 0.15) is 6.54 Å². The SMILES string of the molecule is COc1ccc(=O)n(CC(=O)c2cc(C)ccc2C)n1. The molecule has 0 fully saturated rings. The quantitative estimate of drug-likeness (QED) is 0.796. The van der Waals surface area contributed by atoms with Gasteiger partial charge in [0.05, 0.1) is 7.11 Å². The van der Waals surface area contributed by atoms with Gasteiger partial charge < -0.3 is 4.74 Å². The molecule has 0 unspecified atom stereocenters. The van der Waals surface area contributed by atoms with Crippen molar-refractivity contribution in [3.63, 3.8) is 0 Å². The number of carbonyl (C=O) groups excluding carboxylic acids is 1. The Kier molecular flexibility index (Phi) is 3.98. The van der Waals surface area contributed by atoms with Crippen LogP contribution >= 0.6 is 0 Å². The van der Waals surface area contributed by atoms with Crippen molar-refractivity contribution in [2.24, 2.45) is 0 Å². The smallest absolute Gasteiger partial charge is 0.267 e. The fourth-order valence-corrected chi connectivity index (χ4v) is 1.91. The fourth-order valence-electron chi connectivity index (χ4n) is 1.91. The maximum Gasteiger partial charge on any atom is 0.267 e. The summed E-state index contributed by atoms with van der Waals surface area (Å²) in [5.41, 5.74) is 2.17. The summed E-state index contributed by atoms with van der Waals surface area (Å²) in [5, 5.41) is 3.97. The van der Waals surface area contributed by atoms with Gasteiger partial charge in [-0.05, 0) is 25.5 Å². The zero-order chi connectivity index (χ0) is 14.7. The van der Waals surface area contributed by atoms with Crippen molar-refractivity contribution in [3.8, 4) is 5.88 Å². The Morgan fingerprint density at radius 1 is 1.25 bits per heavy atom. The molecule has 5 heteroatoms. The number of hydrogen-bond donors (Lipinski definition) is 0. The van der Waals surface area contributed by atoms with Crippen LogP contribution < -0.4 is 10.3 Å². The number of nitrogens with zero attached hydrogens (tertiary/aromatic N) is 2. The first-order chi connectivity index (χ1) is 9.51. The van der Waals surface area contributed by atoms with E-state index in [4.69, 9.17) is 4.74 Å². The van der Waals surface area contributed by atoms with Crippen molar-refractivity contribution in [2.75, 3.05) is 7.11 Å². The van der Waals surface area contributed by atoms with Crippen LogP contribution in [0, 0.1) is 13.8 Å². The van der Waals surface area contributed by atoms with Crippen LogP contribution in [0.2, 0.25) is 0 Å². The zero-order valence-electron chi connectivity index (χ0n) is 11.7. The molecule has 0 N–H and O–H groups in total. The van der Waals surface area contributed by atoms with Gasteiger partial charge in [-0.1, -0.05) is 17.7 Å². The highest BCUT2D eigenvalue weighted by Gasteiger charge is 2.12. The van der Waals surface area contributed by atoms with Crippen LogP contribution in [0.25, 0.3) is 0 Å². The Labute approximate surface area is 116 Å². The predicted octanol–water partition coefficient (Wildman–Crippen LogP) is 1.75. The molecule has 5 nitrogen and oxygen atoms in total. The van der Waals surface area contributed by atoms with E-state index < -0.39 is 0 Å². The number of ketones is 1. The largest absolute Gasteiger partial charge is 0.480 e.